The van der Waals surface area contributed by atoms with Crippen LogP contribution in [0.1, 0.15) is 44.7 Å². The minimum atomic E-state index is 0.474. The molecule has 0 radical (unpaired) electrons. The summed E-state index contributed by atoms with van der Waals surface area (Å²) in [4.78, 5) is 2.64. The van der Waals surface area contributed by atoms with Crippen molar-refractivity contribution in [1.29, 1.82) is 0 Å². The highest BCUT2D eigenvalue weighted by atomic mass is 35.5. The molecule has 1 fully saturated rings. The summed E-state index contributed by atoms with van der Waals surface area (Å²) in [6.45, 7) is 9.34. The van der Waals surface area contributed by atoms with Gasteiger partial charge in [-0.25, -0.2) is 0 Å². The highest BCUT2D eigenvalue weighted by Crippen LogP contribution is 2.25. The van der Waals surface area contributed by atoms with Crippen LogP contribution in [-0.4, -0.2) is 31.1 Å². The summed E-state index contributed by atoms with van der Waals surface area (Å²) < 4.78 is 0. The third-order valence-corrected chi connectivity index (χ3v) is 4.61. The topological polar surface area (TPSA) is 15.3 Å². The molecule has 1 heterocycles. The first-order chi connectivity index (χ1) is 9.70. The van der Waals surface area contributed by atoms with E-state index in [0.29, 0.717) is 6.04 Å². The van der Waals surface area contributed by atoms with Gasteiger partial charge in [-0.2, -0.15) is 0 Å². The van der Waals surface area contributed by atoms with Crippen molar-refractivity contribution >= 4 is 11.6 Å². The van der Waals surface area contributed by atoms with Gasteiger partial charge in [0.15, 0.2) is 0 Å². The zero-order valence-electron chi connectivity index (χ0n) is 12.7. The van der Waals surface area contributed by atoms with Crippen molar-refractivity contribution in [3.63, 3.8) is 0 Å². The minimum absolute atomic E-state index is 0.474. The van der Waals surface area contributed by atoms with E-state index in [1.807, 2.05) is 12.1 Å². The van der Waals surface area contributed by atoms with Crippen molar-refractivity contribution in [2.24, 2.45) is 5.92 Å². The molecule has 0 amide bonds. The molecule has 1 aliphatic heterocycles. The molecular formula is C17H27ClN2. The number of piperidine rings is 1. The van der Waals surface area contributed by atoms with E-state index in [1.165, 1.54) is 51.0 Å². The predicted octanol–water partition coefficient (Wildman–Crippen LogP) is 4.11. The number of nitrogens with one attached hydrogen (secondary N) is 1. The Morgan fingerprint density at radius 1 is 1.25 bits per heavy atom. The Hall–Kier alpha value is -0.570. The quantitative estimate of drug-likeness (QED) is 0.849. The van der Waals surface area contributed by atoms with Gasteiger partial charge in [-0.05, 0) is 69.4 Å². The third kappa shape index (κ3) is 4.47. The summed E-state index contributed by atoms with van der Waals surface area (Å²) in [6.07, 6.45) is 3.84. The summed E-state index contributed by atoms with van der Waals surface area (Å²) in [6, 6.07) is 8.81. The maximum Gasteiger partial charge on any atom is 0.0406 e. The van der Waals surface area contributed by atoms with Crippen LogP contribution in [0.25, 0.3) is 0 Å². The Morgan fingerprint density at radius 3 is 2.50 bits per heavy atom. The van der Waals surface area contributed by atoms with Gasteiger partial charge in [0.25, 0.3) is 0 Å². The van der Waals surface area contributed by atoms with Crippen LogP contribution < -0.4 is 5.32 Å². The fourth-order valence-electron chi connectivity index (χ4n) is 3.08. The molecule has 2 nitrogen and oxygen atoms in total. The molecule has 0 aliphatic carbocycles. The average Bonchev–Trinajstić information content (AvgIpc) is 2.48. The first-order valence-electron chi connectivity index (χ1n) is 7.91. The van der Waals surface area contributed by atoms with E-state index in [4.69, 9.17) is 11.6 Å². The number of halogens is 1. The van der Waals surface area contributed by atoms with E-state index in [9.17, 15) is 0 Å². The van der Waals surface area contributed by atoms with Crippen molar-refractivity contribution in [2.45, 2.75) is 39.2 Å². The maximum absolute atomic E-state index is 5.99. The van der Waals surface area contributed by atoms with Crippen LogP contribution in [0.4, 0.5) is 0 Å². The molecule has 1 aliphatic rings. The second kappa shape index (κ2) is 8.02. The normalized spacial score (nSPS) is 18.4. The molecule has 2 rings (SSSR count). The monoisotopic (exact) mass is 294 g/mol. The molecule has 3 heteroatoms. The van der Waals surface area contributed by atoms with Crippen LogP contribution in [0.15, 0.2) is 24.3 Å². The molecule has 1 saturated heterocycles. The summed E-state index contributed by atoms with van der Waals surface area (Å²) in [5.74, 6) is 0.845. The van der Waals surface area contributed by atoms with Crippen molar-refractivity contribution in [3.8, 4) is 0 Å². The molecule has 0 spiro atoms. The SMILES string of the molecule is CCCN(CC1CCNCC1)C(C)c1ccc(Cl)cc1. The molecule has 0 bridgehead atoms. The molecule has 20 heavy (non-hydrogen) atoms. The highest BCUT2D eigenvalue weighted by molar-refractivity contribution is 6.30. The average molecular weight is 295 g/mol. The van der Waals surface area contributed by atoms with Crippen LogP contribution in [0.2, 0.25) is 5.02 Å². The van der Waals surface area contributed by atoms with Gasteiger partial charge in [-0.3, -0.25) is 4.90 Å². The van der Waals surface area contributed by atoms with E-state index >= 15 is 0 Å². The fourth-order valence-corrected chi connectivity index (χ4v) is 3.20. The Kier molecular flexibility index (Phi) is 6.34. The minimum Gasteiger partial charge on any atom is -0.317 e. The molecule has 1 aromatic rings. The van der Waals surface area contributed by atoms with Crippen LogP contribution in [0.3, 0.4) is 0 Å². The van der Waals surface area contributed by atoms with Gasteiger partial charge < -0.3 is 5.32 Å². The van der Waals surface area contributed by atoms with E-state index in [2.05, 4.69) is 36.2 Å². The lowest BCUT2D eigenvalue weighted by Gasteiger charge is -2.34. The number of hydrogen-bond acceptors (Lipinski definition) is 2. The molecule has 1 N–H and O–H groups in total. The van der Waals surface area contributed by atoms with E-state index in [-0.39, 0.29) is 0 Å². The number of benzene rings is 1. The molecule has 0 saturated carbocycles. The third-order valence-electron chi connectivity index (χ3n) is 4.36. The molecular weight excluding hydrogens is 268 g/mol. The molecule has 1 atom stereocenters. The first-order valence-corrected chi connectivity index (χ1v) is 8.28. The Bertz CT molecular complexity index is 384. The fraction of sp³-hybridized carbons (Fsp3) is 0.647. The zero-order chi connectivity index (χ0) is 14.4. The smallest absolute Gasteiger partial charge is 0.0406 e. The highest BCUT2D eigenvalue weighted by Gasteiger charge is 2.21. The lowest BCUT2D eigenvalue weighted by Crippen LogP contribution is -2.37. The second-order valence-electron chi connectivity index (χ2n) is 5.92. The summed E-state index contributed by atoms with van der Waals surface area (Å²) in [5, 5.41) is 4.27. The van der Waals surface area contributed by atoms with Crippen LogP contribution in [0, 0.1) is 5.92 Å². The van der Waals surface area contributed by atoms with Crippen molar-refractivity contribution < 1.29 is 0 Å². The predicted molar refractivity (Wildman–Crippen MR) is 87.3 cm³/mol. The summed E-state index contributed by atoms with van der Waals surface area (Å²) in [7, 11) is 0. The van der Waals surface area contributed by atoms with Crippen LogP contribution >= 0.6 is 11.6 Å². The number of hydrogen-bond donors (Lipinski definition) is 1. The summed E-state index contributed by atoms with van der Waals surface area (Å²) >= 11 is 5.99. The van der Waals surface area contributed by atoms with Crippen molar-refractivity contribution in [3.05, 3.63) is 34.9 Å². The van der Waals surface area contributed by atoms with Gasteiger partial charge in [0.1, 0.15) is 0 Å². The van der Waals surface area contributed by atoms with Gasteiger partial charge in [0.05, 0.1) is 0 Å². The van der Waals surface area contributed by atoms with Gasteiger partial charge in [0, 0.05) is 17.6 Å². The first kappa shape index (κ1) is 15.8. The zero-order valence-corrected chi connectivity index (χ0v) is 13.5. The maximum atomic E-state index is 5.99. The lowest BCUT2D eigenvalue weighted by atomic mass is 9.96. The van der Waals surface area contributed by atoms with Crippen molar-refractivity contribution in [1.82, 2.24) is 10.2 Å². The van der Waals surface area contributed by atoms with Gasteiger partial charge in [-0.1, -0.05) is 30.7 Å². The van der Waals surface area contributed by atoms with Crippen molar-refractivity contribution in [2.75, 3.05) is 26.2 Å². The Labute approximate surface area is 128 Å². The molecule has 1 aromatic carbocycles. The standard InChI is InChI=1S/C17H27ClN2/c1-3-12-20(13-15-8-10-19-11-9-15)14(2)16-4-6-17(18)7-5-16/h4-7,14-15,19H,3,8-13H2,1-2H3. The van der Waals surface area contributed by atoms with Crippen LogP contribution in [0.5, 0.6) is 0 Å². The Morgan fingerprint density at radius 2 is 1.90 bits per heavy atom. The summed E-state index contributed by atoms with van der Waals surface area (Å²) in [5.41, 5.74) is 1.37. The van der Waals surface area contributed by atoms with Crippen LogP contribution in [-0.2, 0) is 0 Å². The molecule has 112 valence electrons. The second-order valence-corrected chi connectivity index (χ2v) is 6.35. The van der Waals surface area contributed by atoms with Gasteiger partial charge in [-0.15, -0.1) is 0 Å². The Balaban J connectivity index is 2.00. The molecule has 0 aromatic heterocycles. The van der Waals surface area contributed by atoms with E-state index < -0.39 is 0 Å². The van der Waals surface area contributed by atoms with E-state index in [1.54, 1.807) is 0 Å². The van der Waals surface area contributed by atoms with Gasteiger partial charge >= 0.3 is 0 Å². The number of rotatable bonds is 6. The number of nitrogens with zero attached hydrogens (tertiary/aromatic N) is 1. The van der Waals surface area contributed by atoms with Gasteiger partial charge in [0.2, 0.25) is 0 Å². The largest absolute Gasteiger partial charge is 0.317 e. The van der Waals surface area contributed by atoms with E-state index in [0.717, 1.165) is 10.9 Å². The lowest BCUT2D eigenvalue weighted by molar-refractivity contribution is 0.161. The molecule has 1 unspecified atom stereocenters.